The lowest BCUT2D eigenvalue weighted by Crippen LogP contribution is -1.91. The third-order valence-corrected chi connectivity index (χ3v) is 0.556. The van der Waals surface area contributed by atoms with Crippen LogP contribution in [-0.4, -0.2) is 14.2 Å². The monoisotopic (exact) mass is 109 g/mol. The number of hydrogen-bond donors (Lipinski definition) is 1. The minimum absolute atomic E-state index is 1.04. The SMILES string of the molecule is CNSOOC. The van der Waals surface area contributed by atoms with Crippen LogP contribution >= 0.6 is 12.2 Å². The van der Waals surface area contributed by atoms with Gasteiger partial charge in [0.1, 0.15) is 12.2 Å². The van der Waals surface area contributed by atoms with Gasteiger partial charge in [0.15, 0.2) is 0 Å². The average Bonchev–Trinajstić information content (AvgIpc) is 1.61. The van der Waals surface area contributed by atoms with Crippen LogP contribution in [0.5, 0.6) is 0 Å². The van der Waals surface area contributed by atoms with E-state index in [1.54, 1.807) is 7.05 Å². The van der Waals surface area contributed by atoms with Crippen LogP contribution in [0, 0.1) is 0 Å². The molecule has 0 saturated carbocycles. The quantitative estimate of drug-likeness (QED) is 0.186. The second kappa shape index (κ2) is 5.23. The van der Waals surface area contributed by atoms with E-state index in [9.17, 15) is 0 Å². The summed E-state index contributed by atoms with van der Waals surface area (Å²) in [5, 5.41) is 0. The van der Waals surface area contributed by atoms with E-state index < -0.39 is 0 Å². The summed E-state index contributed by atoms with van der Waals surface area (Å²) < 4.78 is 6.93. The molecule has 6 heavy (non-hydrogen) atoms. The topological polar surface area (TPSA) is 30.5 Å². The summed E-state index contributed by atoms with van der Waals surface area (Å²) >= 11 is 1.04. The second-order valence-corrected chi connectivity index (χ2v) is 1.23. The van der Waals surface area contributed by atoms with Crippen molar-refractivity contribution in [2.75, 3.05) is 14.2 Å². The molecule has 0 unspecified atom stereocenters. The Morgan fingerprint density at radius 3 is 2.50 bits per heavy atom. The molecule has 3 nitrogen and oxygen atoms in total. The fraction of sp³-hybridized carbons (Fsp3) is 1.00. The van der Waals surface area contributed by atoms with Gasteiger partial charge in [-0.1, -0.05) is 0 Å². The first-order valence-electron chi connectivity index (χ1n) is 1.45. The molecule has 38 valence electrons. The first kappa shape index (κ1) is 6.23. The maximum absolute atomic E-state index is 4.29. The van der Waals surface area contributed by atoms with E-state index >= 15 is 0 Å². The smallest absolute Gasteiger partial charge is 0.117 e. The van der Waals surface area contributed by atoms with Gasteiger partial charge in [-0.15, -0.1) is 4.33 Å². The lowest BCUT2D eigenvalue weighted by atomic mass is 11.6. The molecule has 0 spiro atoms. The zero-order chi connectivity index (χ0) is 4.83. The molecule has 0 heterocycles. The third-order valence-electron chi connectivity index (χ3n) is 0.185. The van der Waals surface area contributed by atoms with Crippen LogP contribution in [0.4, 0.5) is 0 Å². The Kier molecular flexibility index (Phi) is 5.43. The molecule has 1 N–H and O–H groups in total. The zero-order valence-electron chi connectivity index (χ0n) is 3.72. The number of hydrogen-bond acceptors (Lipinski definition) is 4. The van der Waals surface area contributed by atoms with Crippen molar-refractivity contribution in [3.8, 4) is 0 Å². The Morgan fingerprint density at radius 2 is 2.33 bits per heavy atom. The predicted molar refractivity (Wildman–Crippen MR) is 24.7 cm³/mol. The molecular formula is C2H7NO2S. The maximum atomic E-state index is 4.29. The second-order valence-electron chi connectivity index (χ2n) is 0.522. The fourth-order valence-electron chi connectivity index (χ4n) is 0.0680. The summed E-state index contributed by atoms with van der Waals surface area (Å²) in [5.74, 6) is 0. The molecule has 0 aliphatic rings. The van der Waals surface area contributed by atoms with E-state index in [1.807, 2.05) is 0 Å². The van der Waals surface area contributed by atoms with Crippen LogP contribution in [0.1, 0.15) is 0 Å². The standard InChI is InChI=1S/C2H7NO2S/c1-3-6-5-4-2/h3H,1-2H3. The predicted octanol–water partition coefficient (Wildman–Crippen LogP) is 0.347. The van der Waals surface area contributed by atoms with Gasteiger partial charge in [0, 0.05) is 0 Å². The molecule has 0 aliphatic carbocycles. The molecule has 0 amide bonds. The van der Waals surface area contributed by atoms with Gasteiger partial charge in [0.05, 0.1) is 7.11 Å². The largest absolute Gasteiger partial charge is 0.241 e. The Bertz CT molecular complexity index is 23.5. The highest BCUT2D eigenvalue weighted by molar-refractivity contribution is 7.92. The minimum atomic E-state index is 1.04. The lowest BCUT2D eigenvalue weighted by Gasteiger charge is -1.90. The Balaban J connectivity index is 2.34. The number of rotatable bonds is 3. The van der Waals surface area contributed by atoms with Crippen molar-refractivity contribution in [2.24, 2.45) is 0 Å². The van der Waals surface area contributed by atoms with E-state index in [2.05, 4.69) is 13.9 Å². The first-order chi connectivity index (χ1) is 2.91. The Labute approximate surface area is 41.3 Å². The van der Waals surface area contributed by atoms with Gasteiger partial charge in [-0.3, -0.25) is 0 Å². The molecule has 0 aromatic rings. The van der Waals surface area contributed by atoms with Crippen LogP contribution in [0.25, 0.3) is 0 Å². The highest BCUT2D eigenvalue weighted by Crippen LogP contribution is 1.90. The van der Waals surface area contributed by atoms with Crippen molar-refractivity contribution in [1.82, 2.24) is 4.72 Å². The number of nitrogens with one attached hydrogen (secondary N) is 1. The van der Waals surface area contributed by atoms with Crippen LogP contribution < -0.4 is 4.72 Å². The normalized spacial score (nSPS) is 9.00. The van der Waals surface area contributed by atoms with Crippen molar-refractivity contribution in [2.45, 2.75) is 0 Å². The van der Waals surface area contributed by atoms with Crippen molar-refractivity contribution < 1.29 is 9.22 Å². The molecule has 0 rings (SSSR count). The molecular weight excluding hydrogens is 102 g/mol. The van der Waals surface area contributed by atoms with Gasteiger partial charge in [0.25, 0.3) is 0 Å². The molecule has 0 fully saturated rings. The fourth-order valence-corrected chi connectivity index (χ4v) is 0.204. The molecule has 0 atom stereocenters. The van der Waals surface area contributed by atoms with E-state index in [0.29, 0.717) is 0 Å². The zero-order valence-corrected chi connectivity index (χ0v) is 4.54. The summed E-state index contributed by atoms with van der Waals surface area (Å²) in [5.41, 5.74) is 0. The third kappa shape index (κ3) is 4.23. The van der Waals surface area contributed by atoms with Gasteiger partial charge < -0.3 is 0 Å². The maximum Gasteiger partial charge on any atom is 0.117 e. The Hall–Kier alpha value is 0.230. The van der Waals surface area contributed by atoms with E-state index in [1.165, 1.54) is 7.11 Å². The Morgan fingerprint density at radius 1 is 1.67 bits per heavy atom. The summed E-state index contributed by atoms with van der Waals surface area (Å²) in [4.78, 5) is 4.18. The summed E-state index contributed by atoms with van der Waals surface area (Å²) in [6.45, 7) is 0. The van der Waals surface area contributed by atoms with E-state index in [-0.39, 0.29) is 0 Å². The molecule has 0 bridgehead atoms. The van der Waals surface area contributed by atoms with Crippen molar-refractivity contribution in [3.63, 3.8) is 0 Å². The highest BCUT2D eigenvalue weighted by atomic mass is 32.2. The van der Waals surface area contributed by atoms with Crippen LogP contribution in [0.3, 0.4) is 0 Å². The lowest BCUT2D eigenvalue weighted by molar-refractivity contribution is -0.160. The molecule has 0 radical (unpaired) electrons. The average molecular weight is 109 g/mol. The van der Waals surface area contributed by atoms with Crippen molar-refractivity contribution in [3.05, 3.63) is 0 Å². The summed E-state index contributed by atoms with van der Waals surface area (Å²) in [6.07, 6.45) is 0. The first-order valence-corrected chi connectivity index (χ1v) is 2.19. The highest BCUT2D eigenvalue weighted by Gasteiger charge is 1.73. The van der Waals surface area contributed by atoms with Crippen LogP contribution in [-0.2, 0) is 9.22 Å². The van der Waals surface area contributed by atoms with Gasteiger partial charge in [-0.25, -0.2) is 9.61 Å². The van der Waals surface area contributed by atoms with E-state index in [4.69, 9.17) is 0 Å². The van der Waals surface area contributed by atoms with Gasteiger partial charge in [0.2, 0.25) is 0 Å². The molecule has 0 aliphatic heterocycles. The molecule has 0 aromatic carbocycles. The molecule has 0 aromatic heterocycles. The van der Waals surface area contributed by atoms with Crippen LogP contribution in [0.15, 0.2) is 0 Å². The van der Waals surface area contributed by atoms with Crippen molar-refractivity contribution in [1.29, 1.82) is 0 Å². The minimum Gasteiger partial charge on any atom is -0.241 e. The van der Waals surface area contributed by atoms with Crippen molar-refractivity contribution >= 4 is 12.2 Å². The van der Waals surface area contributed by atoms with Gasteiger partial charge in [-0.05, 0) is 7.05 Å². The van der Waals surface area contributed by atoms with Gasteiger partial charge >= 0.3 is 0 Å². The molecule has 0 saturated heterocycles. The summed E-state index contributed by atoms with van der Waals surface area (Å²) in [7, 11) is 3.19. The van der Waals surface area contributed by atoms with Gasteiger partial charge in [-0.2, -0.15) is 0 Å². The van der Waals surface area contributed by atoms with Crippen LogP contribution in [0.2, 0.25) is 0 Å². The molecule has 4 heteroatoms. The van der Waals surface area contributed by atoms with E-state index in [0.717, 1.165) is 12.2 Å². The summed E-state index contributed by atoms with van der Waals surface area (Å²) in [6, 6.07) is 0.